The van der Waals surface area contributed by atoms with Crippen molar-refractivity contribution in [2.45, 2.75) is 9.79 Å². The van der Waals surface area contributed by atoms with E-state index in [1.807, 2.05) is 12.1 Å². The van der Waals surface area contributed by atoms with E-state index >= 15 is 0 Å². The van der Waals surface area contributed by atoms with E-state index < -0.39 is 5.91 Å². The molecular formula is C14H13N3O2S. The van der Waals surface area contributed by atoms with Crippen LogP contribution in [0.1, 0.15) is 20.7 Å². The molecule has 2 aromatic rings. The Labute approximate surface area is 120 Å². The Balaban J connectivity index is 2.24. The average molecular weight is 287 g/mol. The Kier molecular flexibility index (Phi) is 4.39. The first kappa shape index (κ1) is 14.1. The molecule has 20 heavy (non-hydrogen) atoms. The fraction of sp³-hybridized carbons (Fsp3) is 0. The lowest BCUT2D eigenvalue weighted by molar-refractivity contribution is 0.0952. The summed E-state index contributed by atoms with van der Waals surface area (Å²) in [7, 11) is 0. The molecule has 0 saturated carbocycles. The maximum atomic E-state index is 11.5. The normalized spacial score (nSPS) is 10.1. The van der Waals surface area contributed by atoms with E-state index in [9.17, 15) is 9.59 Å². The molecule has 0 aromatic heterocycles. The van der Waals surface area contributed by atoms with Gasteiger partial charge in [-0.05, 0) is 36.4 Å². The van der Waals surface area contributed by atoms with E-state index in [4.69, 9.17) is 11.6 Å². The van der Waals surface area contributed by atoms with Crippen molar-refractivity contribution < 1.29 is 9.59 Å². The van der Waals surface area contributed by atoms with Crippen molar-refractivity contribution >= 4 is 23.6 Å². The van der Waals surface area contributed by atoms with Crippen molar-refractivity contribution in [1.82, 2.24) is 5.43 Å². The number of primary amides is 1. The van der Waals surface area contributed by atoms with Crippen LogP contribution in [0.15, 0.2) is 58.3 Å². The van der Waals surface area contributed by atoms with Gasteiger partial charge in [-0.25, -0.2) is 5.84 Å². The van der Waals surface area contributed by atoms with Gasteiger partial charge in [0.25, 0.3) is 5.91 Å². The molecule has 102 valence electrons. The fourth-order valence-electron chi connectivity index (χ4n) is 1.63. The number of nitrogens with two attached hydrogens (primary N) is 2. The van der Waals surface area contributed by atoms with Crippen molar-refractivity contribution in [3.8, 4) is 0 Å². The molecule has 0 radical (unpaired) electrons. The molecule has 5 N–H and O–H groups in total. The molecule has 0 atom stereocenters. The van der Waals surface area contributed by atoms with Crippen molar-refractivity contribution in [2.24, 2.45) is 11.6 Å². The zero-order chi connectivity index (χ0) is 14.5. The van der Waals surface area contributed by atoms with Gasteiger partial charge in [-0.15, -0.1) is 0 Å². The van der Waals surface area contributed by atoms with E-state index in [2.05, 4.69) is 5.43 Å². The molecule has 0 aliphatic heterocycles. The van der Waals surface area contributed by atoms with E-state index in [1.54, 1.807) is 36.4 Å². The third-order valence-corrected chi connectivity index (χ3v) is 3.56. The number of rotatable bonds is 4. The monoisotopic (exact) mass is 287 g/mol. The maximum absolute atomic E-state index is 11.5. The Morgan fingerprint density at radius 2 is 1.50 bits per heavy atom. The van der Waals surface area contributed by atoms with Crippen LogP contribution in [0.3, 0.4) is 0 Å². The maximum Gasteiger partial charge on any atom is 0.265 e. The van der Waals surface area contributed by atoms with Crippen molar-refractivity contribution in [3.63, 3.8) is 0 Å². The molecular weight excluding hydrogens is 274 g/mol. The second-order valence-corrected chi connectivity index (χ2v) is 5.14. The number of amides is 2. The molecule has 2 aromatic carbocycles. The molecule has 0 aliphatic rings. The molecule has 0 aliphatic carbocycles. The molecule has 0 heterocycles. The third kappa shape index (κ3) is 3.37. The highest BCUT2D eigenvalue weighted by molar-refractivity contribution is 7.99. The van der Waals surface area contributed by atoms with Crippen molar-refractivity contribution in [1.29, 1.82) is 0 Å². The lowest BCUT2D eigenvalue weighted by Crippen LogP contribution is -2.29. The minimum atomic E-state index is -0.469. The van der Waals surface area contributed by atoms with Gasteiger partial charge < -0.3 is 5.73 Å². The predicted octanol–water partition coefficient (Wildman–Crippen LogP) is 1.54. The molecule has 0 unspecified atom stereocenters. The minimum Gasteiger partial charge on any atom is -0.366 e. The highest BCUT2D eigenvalue weighted by atomic mass is 32.2. The van der Waals surface area contributed by atoms with Crippen LogP contribution in [0.5, 0.6) is 0 Å². The Morgan fingerprint density at radius 1 is 0.950 bits per heavy atom. The van der Waals surface area contributed by atoms with Crippen LogP contribution in [0.4, 0.5) is 0 Å². The largest absolute Gasteiger partial charge is 0.366 e. The average Bonchev–Trinajstić information content (AvgIpc) is 2.47. The lowest BCUT2D eigenvalue weighted by Gasteiger charge is -2.05. The van der Waals surface area contributed by atoms with Gasteiger partial charge in [-0.3, -0.25) is 15.0 Å². The summed E-state index contributed by atoms with van der Waals surface area (Å²) < 4.78 is 0. The SMILES string of the molecule is NNC(=O)c1cccc(Sc2cccc(C(N)=O)c2)c1. The van der Waals surface area contributed by atoms with E-state index in [0.29, 0.717) is 11.1 Å². The second kappa shape index (κ2) is 6.23. The molecule has 0 spiro atoms. The number of nitrogen functional groups attached to an aromatic ring is 1. The van der Waals surface area contributed by atoms with Gasteiger partial charge in [-0.2, -0.15) is 0 Å². The van der Waals surface area contributed by atoms with E-state index in [-0.39, 0.29) is 5.91 Å². The van der Waals surface area contributed by atoms with Gasteiger partial charge >= 0.3 is 0 Å². The second-order valence-electron chi connectivity index (χ2n) is 4.00. The number of hydrogen-bond acceptors (Lipinski definition) is 4. The third-order valence-electron chi connectivity index (χ3n) is 2.58. The fourth-order valence-corrected chi connectivity index (χ4v) is 2.57. The number of hydrogen-bond donors (Lipinski definition) is 3. The highest BCUT2D eigenvalue weighted by Crippen LogP contribution is 2.28. The Hall–Kier alpha value is -2.31. The number of nitrogens with one attached hydrogen (secondary N) is 1. The summed E-state index contributed by atoms with van der Waals surface area (Å²) in [4.78, 5) is 24.3. The van der Waals surface area contributed by atoms with Crippen LogP contribution in [0.25, 0.3) is 0 Å². The van der Waals surface area contributed by atoms with Crippen molar-refractivity contribution in [3.05, 3.63) is 59.7 Å². The molecule has 0 fully saturated rings. The summed E-state index contributed by atoms with van der Waals surface area (Å²) in [5.41, 5.74) is 8.26. The predicted molar refractivity (Wildman–Crippen MR) is 77.2 cm³/mol. The highest BCUT2D eigenvalue weighted by Gasteiger charge is 2.06. The Morgan fingerprint density at radius 3 is 2.05 bits per heavy atom. The molecule has 2 amide bonds. The minimum absolute atomic E-state index is 0.349. The van der Waals surface area contributed by atoms with Crippen LogP contribution >= 0.6 is 11.8 Å². The number of carbonyl (C=O) groups is 2. The summed E-state index contributed by atoms with van der Waals surface area (Å²) >= 11 is 1.43. The van der Waals surface area contributed by atoms with Crippen molar-refractivity contribution in [2.75, 3.05) is 0 Å². The summed E-state index contributed by atoms with van der Waals surface area (Å²) in [5.74, 6) is 4.28. The summed E-state index contributed by atoms with van der Waals surface area (Å²) in [6, 6.07) is 14.0. The van der Waals surface area contributed by atoms with Crippen LogP contribution in [-0.4, -0.2) is 11.8 Å². The van der Waals surface area contributed by atoms with Crippen LogP contribution in [0.2, 0.25) is 0 Å². The standard InChI is InChI=1S/C14H13N3O2S/c15-13(18)9-3-1-5-11(7-9)20-12-6-2-4-10(8-12)14(19)17-16/h1-8H,16H2,(H2,15,18)(H,17,19). The summed E-state index contributed by atoms with van der Waals surface area (Å²) in [6.45, 7) is 0. The lowest BCUT2D eigenvalue weighted by atomic mass is 10.2. The molecule has 5 nitrogen and oxygen atoms in total. The van der Waals surface area contributed by atoms with Gasteiger partial charge in [0.05, 0.1) is 0 Å². The summed E-state index contributed by atoms with van der Waals surface area (Å²) in [5, 5.41) is 0. The first-order chi connectivity index (χ1) is 9.60. The first-order valence-corrected chi connectivity index (χ1v) is 6.60. The number of hydrazine groups is 1. The van der Waals surface area contributed by atoms with Gasteiger partial charge in [-0.1, -0.05) is 23.9 Å². The van der Waals surface area contributed by atoms with Gasteiger partial charge in [0.1, 0.15) is 0 Å². The van der Waals surface area contributed by atoms with Gasteiger partial charge in [0, 0.05) is 20.9 Å². The van der Waals surface area contributed by atoms with E-state index in [1.165, 1.54) is 11.8 Å². The van der Waals surface area contributed by atoms with E-state index in [0.717, 1.165) is 9.79 Å². The number of benzene rings is 2. The van der Waals surface area contributed by atoms with Crippen LogP contribution in [0, 0.1) is 0 Å². The molecule has 2 rings (SSSR count). The molecule has 0 bridgehead atoms. The topological polar surface area (TPSA) is 98.2 Å². The zero-order valence-electron chi connectivity index (χ0n) is 10.5. The van der Waals surface area contributed by atoms with Gasteiger partial charge in [0.2, 0.25) is 5.91 Å². The van der Waals surface area contributed by atoms with Crippen LogP contribution < -0.4 is 17.0 Å². The number of carbonyl (C=O) groups excluding carboxylic acids is 2. The quantitative estimate of drug-likeness (QED) is 0.451. The summed E-state index contributed by atoms with van der Waals surface area (Å²) in [6.07, 6.45) is 0. The van der Waals surface area contributed by atoms with Crippen LogP contribution in [-0.2, 0) is 0 Å². The molecule has 0 saturated heterocycles. The smallest absolute Gasteiger partial charge is 0.265 e. The van der Waals surface area contributed by atoms with Gasteiger partial charge in [0.15, 0.2) is 0 Å². The Bertz CT molecular complexity index is 658. The first-order valence-electron chi connectivity index (χ1n) is 5.79. The molecule has 6 heteroatoms. The zero-order valence-corrected chi connectivity index (χ0v) is 11.3.